The van der Waals surface area contributed by atoms with Crippen molar-refractivity contribution in [1.29, 1.82) is 0 Å². The van der Waals surface area contributed by atoms with Gasteiger partial charge < -0.3 is 86.3 Å². The first kappa shape index (κ1) is 86.7. The molecule has 3 aromatic carbocycles. The van der Waals surface area contributed by atoms with Gasteiger partial charge in [0.15, 0.2) is 11.6 Å². The van der Waals surface area contributed by atoms with Crippen molar-refractivity contribution in [2.24, 2.45) is 11.0 Å². The molecule has 0 bridgehead atoms. The van der Waals surface area contributed by atoms with Crippen molar-refractivity contribution in [3.8, 4) is 17.1 Å². The van der Waals surface area contributed by atoms with Gasteiger partial charge in [0, 0.05) is 67.7 Å². The molecule has 0 fully saturated rings. The third-order valence-corrected chi connectivity index (χ3v) is 17.1. The number of carbonyl (C=O) groups is 7. The molecule has 0 saturated heterocycles. The van der Waals surface area contributed by atoms with Gasteiger partial charge in [-0.15, -0.1) is 0 Å². The zero-order valence-corrected chi connectivity index (χ0v) is 63.6. The second-order valence-corrected chi connectivity index (χ2v) is 26.4. The van der Waals surface area contributed by atoms with E-state index in [1.165, 1.54) is 6.92 Å². The van der Waals surface area contributed by atoms with Gasteiger partial charge in [-0.2, -0.15) is 0 Å². The van der Waals surface area contributed by atoms with Crippen LogP contribution in [0.25, 0.3) is 32.7 Å². The predicted molar refractivity (Wildman–Crippen MR) is 400 cm³/mol. The van der Waals surface area contributed by atoms with Crippen molar-refractivity contribution in [3.05, 3.63) is 139 Å². The number of hydrogen-bond donors (Lipinski definition) is 2. The predicted octanol–water partition coefficient (Wildman–Crippen LogP) is 10.3. The molecule has 29 nitrogen and oxygen atoms in total. The first-order valence-electron chi connectivity index (χ1n) is 37.8. The molecule has 2 unspecified atom stereocenters. The average molecular weight is 1510 g/mol. The molecule has 0 aliphatic carbocycles. The fourth-order valence-corrected chi connectivity index (χ4v) is 11.8. The molecule has 2 N–H and O–H groups in total. The van der Waals surface area contributed by atoms with Crippen LogP contribution in [0, 0.1) is 5.92 Å². The van der Waals surface area contributed by atoms with E-state index in [4.69, 9.17) is 78.2 Å². The lowest BCUT2D eigenvalue weighted by Crippen LogP contribution is -2.47. The Morgan fingerprint density at radius 2 is 1.35 bits per heavy atom. The van der Waals surface area contributed by atoms with Crippen LogP contribution >= 0.6 is 0 Å². The Bertz CT molecular complexity index is 3780. The number of ether oxygens (including phenoxy) is 14. The number of amides is 1. The van der Waals surface area contributed by atoms with Crippen LogP contribution < -0.4 is 20.9 Å². The first-order chi connectivity index (χ1) is 52.7. The van der Waals surface area contributed by atoms with Crippen LogP contribution in [-0.4, -0.2) is 201 Å². The molecule has 5 aromatic rings. The van der Waals surface area contributed by atoms with E-state index in [9.17, 15) is 38.4 Å². The molecule has 108 heavy (non-hydrogen) atoms. The van der Waals surface area contributed by atoms with Crippen molar-refractivity contribution in [1.82, 2.24) is 20.2 Å². The highest BCUT2D eigenvalue weighted by Gasteiger charge is 2.51. The summed E-state index contributed by atoms with van der Waals surface area (Å²) in [6.45, 7) is 22.2. The van der Waals surface area contributed by atoms with E-state index >= 15 is 0 Å². The summed E-state index contributed by atoms with van der Waals surface area (Å²) >= 11 is 0. The lowest BCUT2D eigenvalue weighted by molar-refractivity contribution is -0.175. The van der Waals surface area contributed by atoms with Crippen molar-refractivity contribution in [3.63, 3.8) is 0 Å². The van der Waals surface area contributed by atoms with E-state index in [2.05, 4.69) is 20.7 Å². The van der Waals surface area contributed by atoms with E-state index in [0.29, 0.717) is 199 Å². The van der Waals surface area contributed by atoms with E-state index in [-0.39, 0.29) is 92.7 Å². The molecule has 2 aliphatic rings. The fraction of sp³-hybridized carbons (Fsp3) is 0.582. The maximum Gasteiger partial charge on any atom is 0.514 e. The number of rotatable bonds is 52. The summed E-state index contributed by atoms with van der Waals surface area (Å²) in [7, 11) is 0. The number of esters is 1. The zero-order chi connectivity index (χ0) is 78.7. The number of aromatic nitrogens is 2. The van der Waals surface area contributed by atoms with E-state index < -0.39 is 47.0 Å². The highest BCUT2D eigenvalue weighted by Crippen LogP contribution is 2.43. The molecule has 1 amide bonds. The van der Waals surface area contributed by atoms with Crippen LogP contribution in [0.5, 0.6) is 5.75 Å². The number of unbranched alkanes of at least 4 members (excludes halogenated alkanes) is 1. The minimum absolute atomic E-state index is 0.00717. The van der Waals surface area contributed by atoms with Crippen LogP contribution in [0.15, 0.2) is 88.8 Å². The minimum atomic E-state index is -2.01. The average Bonchev–Trinajstić information content (AvgIpc) is 1.61. The fourth-order valence-electron chi connectivity index (χ4n) is 11.8. The number of ketones is 3. The third-order valence-electron chi connectivity index (χ3n) is 17.1. The number of aryl methyl sites for hydroxylation is 1. The smallest absolute Gasteiger partial charge is 0.457 e. The summed E-state index contributed by atoms with van der Waals surface area (Å²) in [6.07, 6.45) is 1.84. The summed E-state index contributed by atoms with van der Waals surface area (Å²) in [5.74, 6) is -1.80. The maximum absolute atomic E-state index is 14.3. The van der Waals surface area contributed by atoms with Gasteiger partial charge in [-0.05, 0) is 145 Å². The Labute approximate surface area is 633 Å². The van der Waals surface area contributed by atoms with Crippen molar-refractivity contribution < 1.29 is 101 Å². The molecule has 0 spiro atoms. The molecule has 0 radical (unpaired) electrons. The quantitative estimate of drug-likeness (QED) is 0.00681. The second-order valence-electron chi connectivity index (χ2n) is 26.4. The SMILES string of the molecule is CCOCC(=O)CCCOCCOCCOCCOCCOCCOCCOCCOCCN=[N+]=[N-].[3H]CCNCCCCC(NC(=O)C(CC(C)=O)Cc1ccccc1)C(=O)Cc1ccc(COC(=O)O[C@]2(CC)C(=O)OCc3c2cc2n(c3=O)Cc3c-2nc2ccc(OC(=O)OC(C)(C)C)cc2c3CC)cc1. The highest BCUT2D eigenvalue weighted by molar-refractivity contribution is 5.93. The van der Waals surface area contributed by atoms with Crippen LogP contribution in [0.3, 0.4) is 0 Å². The van der Waals surface area contributed by atoms with Gasteiger partial charge in [0.2, 0.25) is 11.5 Å². The Morgan fingerprint density at radius 3 is 1.94 bits per heavy atom. The number of nitrogens with one attached hydrogen (secondary N) is 2. The van der Waals surface area contributed by atoms with Crippen LogP contribution in [0.2, 0.25) is 0 Å². The van der Waals surface area contributed by atoms with Gasteiger partial charge in [-0.25, -0.2) is 19.4 Å². The second kappa shape index (κ2) is 48.8. The Kier molecular flexibility index (Phi) is 39.1. The number of nitrogens with zero attached hydrogens (tertiary/aromatic N) is 5. The van der Waals surface area contributed by atoms with Crippen molar-refractivity contribution in [2.75, 3.05) is 139 Å². The number of pyridine rings is 2. The first-order valence-corrected chi connectivity index (χ1v) is 37.1. The number of Topliss-reactive ketones (excluding diaryl/α,β-unsaturated/α-hetero) is 3. The number of fused-ring (bicyclic) bond motifs is 5. The van der Waals surface area contributed by atoms with E-state index in [1.54, 1.807) is 80.8 Å². The Morgan fingerprint density at radius 1 is 0.731 bits per heavy atom. The molecule has 2 aliphatic heterocycles. The third kappa shape index (κ3) is 30.5. The number of benzene rings is 3. The van der Waals surface area contributed by atoms with Gasteiger partial charge in [0.05, 0.1) is 134 Å². The Balaban J connectivity index is 0.000000435. The van der Waals surface area contributed by atoms with Crippen LogP contribution in [-0.2, 0) is 130 Å². The standard InChI is InChI=1S/C56H64N4O12.C23H45N3O10/c1-8-40-41-29-39(70-54(67)71-55(5,6)7)23-24-45(41)58-49-42(40)31-60-47(49)30-44-43(51(60)64)33-68-52(65)56(44,9-2)72-53(66)69-32-37-21-19-36(20-22-37)28-48(62)46(18-14-15-25-57-10-3)59-50(63)38(26-34(4)61)27-35-16-12-11-13-17-35;1-2-28-22-23(27)4-3-6-29-8-10-31-12-14-33-16-18-35-20-21-36-19-17-34-15-13-32-11-9-30-7-5-25-26-24/h11-13,16-17,19-24,29-30,38,46,57H,8-10,14-15,18,25-28,31-33H2,1-7H3,(H,59,63);2-22H2,1H3/t38?,46?,56-;/m0./s1/i3T;. The van der Waals surface area contributed by atoms with Crippen LogP contribution in [0.1, 0.15) is 141 Å². The Hall–Kier alpha value is -8.58. The minimum Gasteiger partial charge on any atom is -0.457 e. The molecule has 7 rings (SSSR count). The highest BCUT2D eigenvalue weighted by atomic mass is 16.7. The lowest BCUT2D eigenvalue weighted by atomic mass is 9.85. The number of azide groups is 1. The van der Waals surface area contributed by atoms with Crippen LogP contribution in [0.4, 0.5) is 9.59 Å². The summed E-state index contributed by atoms with van der Waals surface area (Å²) in [5.41, 5.74) is 10.6. The largest absolute Gasteiger partial charge is 0.514 e. The van der Waals surface area contributed by atoms with Gasteiger partial charge in [-0.3, -0.25) is 19.2 Å². The van der Waals surface area contributed by atoms with Gasteiger partial charge >= 0.3 is 18.3 Å². The van der Waals surface area contributed by atoms with E-state index in [1.807, 2.05) is 44.2 Å². The maximum atomic E-state index is 14.3. The molecular weight excluding hydrogens is 1400 g/mol. The number of carbonyl (C=O) groups excluding carboxylic acids is 7. The van der Waals surface area contributed by atoms with Gasteiger partial charge in [-0.1, -0.05) is 80.5 Å². The summed E-state index contributed by atoms with van der Waals surface area (Å²) < 4.78 is 84.8. The molecule has 0 saturated carbocycles. The summed E-state index contributed by atoms with van der Waals surface area (Å²) in [5, 5.41) is 10.3. The number of cyclic esters (lactones) is 1. The van der Waals surface area contributed by atoms with Crippen molar-refractivity contribution >= 4 is 52.4 Å². The lowest BCUT2D eigenvalue weighted by Gasteiger charge is -2.35. The summed E-state index contributed by atoms with van der Waals surface area (Å²) in [6, 6.07) is 22.2. The molecule has 3 atom stereocenters. The topological polar surface area (TPSA) is 356 Å². The van der Waals surface area contributed by atoms with Crippen molar-refractivity contribution in [2.45, 2.75) is 157 Å². The van der Waals surface area contributed by atoms with Gasteiger partial charge in [0.25, 0.3) is 5.56 Å². The molecule has 4 heterocycles. The zero-order valence-electron chi connectivity index (χ0n) is 64.6. The number of hydrogen-bond acceptors (Lipinski definition) is 25. The monoisotopic (exact) mass is 1510 g/mol. The summed E-state index contributed by atoms with van der Waals surface area (Å²) in [4.78, 5) is 113. The normalized spacial score (nSPS) is 14.2. The molecular formula is C79H109N7O22. The van der Waals surface area contributed by atoms with Gasteiger partial charge in [0.1, 0.15) is 37.0 Å². The van der Waals surface area contributed by atoms with E-state index in [0.717, 1.165) is 28.5 Å². The molecule has 2 aromatic heterocycles. The molecule has 592 valence electrons. The molecule has 29 heteroatoms.